The molecule has 26 heavy (non-hydrogen) atoms. The van der Waals surface area contributed by atoms with E-state index in [4.69, 9.17) is 44.3 Å². The molecular weight excluding hydrogens is 403 g/mol. The summed E-state index contributed by atoms with van der Waals surface area (Å²) >= 11 is 17.6. The Bertz CT molecular complexity index is 1040. The molecule has 0 unspecified atom stereocenters. The first-order valence-electron chi connectivity index (χ1n) is 7.24. The lowest BCUT2D eigenvalue weighted by Crippen LogP contribution is -2.17. The minimum atomic E-state index is -0.787. The second kappa shape index (κ2) is 6.83. The number of methoxy groups -OCH3 is 2. The first-order valence-corrected chi connectivity index (χ1v) is 8.38. The normalized spacial score (nSPS) is 15.1. The van der Waals surface area contributed by atoms with Crippen LogP contribution in [0.3, 0.4) is 0 Å². The quantitative estimate of drug-likeness (QED) is 0.757. The summed E-state index contributed by atoms with van der Waals surface area (Å²) < 4.78 is 10.6. The zero-order chi connectivity index (χ0) is 19.2. The number of ether oxygens (including phenoxy) is 2. The molecule has 0 aliphatic heterocycles. The Morgan fingerprint density at radius 2 is 1.38 bits per heavy atom. The van der Waals surface area contributed by atoms with E-state index in [1.807, 2.05) is 0 Å². The predicted octanol–water partition coefficient (Wildman–Crippen LogP) is 4.35. The molecule has 0 radical (unpaired) electrons. The van der Waals surface area contributed by atoms with E-state index in [1.165, 1.54) is 20.3 Å². The average Bonchev–Trinajstić information content (AvgIpc) is 2.65. The van der Waals surface area contributed by atoms with Crippen LogP contribution in [0.5, 0.6) is 17.2 Å². The number of allylic oxidation sites excluding steroid dienone is 4. The summed E-state index contributed by atoms with van der Waals surface area (Å²) in [7, 11) is 2.93. The minimum Gasteiger partial charge on any atom is -0.507 e. The number of phenolic OH excluding ortho intramolecular Hbond substituents is 1. The Morgan fingerprint density at radius 3 is 2.00 bits per heavy atom. The zero-order valence-electron chi connectivity index (χ0n) is 13.5. The standard InChI is InChI=1S/C18H11Cl3O5/c1-25-9-5-6-10(26-2)11-7(9)3-4-8(16(11)22)12-13(19)18(24)15(21)14(20)17(12)23/h3-6,22H,1-2H3. The van der Waals surface area contributed by atoms with Crippen LogP contribution in [0.1, 0.15) is 5.56 Å². The molecule has 2 aromatic rings. The Balaban J connectivity index is 2.36. The second-order valence-electron chi connectivity index (χ2n) is 5.33. The lowest BCUT2D eigenvalue weighted by Gasteiger charge is -2.18. The van der Waals surface area contributed by atoms with Gasteiger partial charge in [0.1, 0.15) is 32.3 Å². The number of carbonyl (C=O) groups excluding carboxylic acids is 2. The van der Waals surface area contributed by atoms with Crippen LogP contribution in [0, 0.1) is 0 Å². The van der Waals surface area contributed by atoms with Crippen molar-refractivity contribution in [2.75, 3.05) is 14.2 Å². The van der Waals surface area contributed by atoms with Gasteiger partial charge in [0, 0.05) is 10.9 Å². The largest absolute Gasteiger partial charge is 0.507 e. The number of fused-ring (bicyclic) bond motifs is 1. The monoisotopic (exact) mass is 412 g/mol. The number of benzene rings is 2. The molecule has 0 spiro atoms. The summed E-state index contributed by atoms with van der Waals surface area (Å²) in [5, 5.41) is 10.4. The maximum atomic E-state index is 12.5. The van der Waals surface area contributed by atoms with E-state index < -0.39 is 26.7 Å². The summed E-state index contributed by atoms with van der Waals surface area (Å²) in [5.74, 6) is -0.987. The fourth-order valence-corrected chi connectivity index (χ4v) is 3.47. The van der Waals surface area contributed by atoms with Crippen molar-refractivity contribution in [2.24, 2.45) is 0 Å². The van der Waals surface area contributed by atoms with E-state index in [0.29, 0.717) is 22.3 Å². The zero-order valence-corrected chi connectivity index (χ0v) is 15.8. The molecule has 0 heterocycles. The fourth-order valence-electron chi connectivity index (χ4n) is 2.78. The Labute approximate surface area is 163 Å². The number of ketones is 2. The van der Waals surface area contributed by atoms with E-state index in [9.17, 15) is 14.7 Å². The number of aromatic hydroxyl groups is 1. The third-order valence-corrected chi connectivity index (χ3v) is 5.20. The SMILES string of the molecule is COc1ccc(OC)c2c(O)c(C3=C(Cl)C(=O)C(Cl)=C(Cl)C3=O)ccc12. The highest BCUT2D eigenvalue weighted by Gasteiger charge is 2.34. The van der Waals surface area contributed by atoms with Gasteiger partial charge in [-0.05, 0) is 24.3 Å². The van der Waals surface area contributed by atoms with Crippen LogP contribution in [0.4, 0.5) is 0 Å². The number of hydrogen-bond acceptors (Lipinski definition) is 5. The van der Waals surface area contributed by atoms with Crippen LogP contribution in [0.25, 0.3) is 16.3 Å². The number of phenols is 1. The van der Waals surface area contributed by atoms with Crippen molar-refractivity contribution in [1.29, 1.82) is 0 Å². The highest BCUT2D eigenvalue weighted by Crippen LogP contribution is 2.45. The molecule has 0 atom stereocenters. The summed E-state index contributed by atoms with van der Waals surface area (Å²) in [4.78, 5) is 24.6. The molecule has 0 saturated heterocycles. The second-order valence-corrected chi connectivity index (χ2v) is 6.46. The first kappa shape index (κ1) is 18.6. The van der Waals surface area contributed by atoms with Crippen LogP contribution in [0.15, 0.2) is 39.4 Å². The molecule has 0 fully saturated rings. The van der Waals surface area contributed by atoms with Crippen molar-refractivity contribution >= 4 is 62.7 Å². The summed E-state index contributed by atoms with van der Waals surface area (Å²) in [5.41, 5.74) is -0.190. The number of Topliss-reactive ketones (excluding diaryl/α,β-unsaturated/α-hetero) is 2. The molecule has 8 heteroatoms. The molecule has 0 saturated carbocycles. The summed E-state index contributed by atoms with van der Waals surface area (Å²) in [6, 6.07) is 6.36. The van der Waals surface area contributed by atoms with Crippen molar-refractivity contribution < 1.29 is 24.2 Å². The van der Waals surface area contributed by atoms with E-state index in [1.54, 1.807) is 18.2 Å². The van der Waals surface area contributed by atoms with E-state index in [2.05, 4.69) is 0 Å². The molecule has 1 aliphatic carbocycles. The maximum Gasteiger partial charge on any atom is 0.218 e. The van der Waals surface area contributed by atoms with Crippen molar-refractivity contribution in [1.82, 2.24) is 0 Å². The average molecular weight is 414 g/mol. The molecule has 0 amide bonds. The van der Waals surface area contributed by atoms with Crippen molar-refractivity contribution in [3.63, 3.8) is 0 Å². The Hall–Kier alpha value is -2.21. The highest BCUT2D eigenvalue weighted by molar-refractivity contribution is 6.68. The third-order valence-electron chi connectivity index (χ3n) is 4.02. The molecule has 134 valence electrons. The topological polar surface area (TPSA) is 72.8 Å². The molecule has 3 rings (SSSR count). The summed E-state index contributed by atoms with van der Waals surface area (Å²) in [6.07, 6.45) is 0. The van der Waals surface area contributed by atoms with Crippen molar-refractivity contribution in [3.8, 4) is 17.2 Å². The van der Waals surface area contributed by atoms with Gasteiger partial charge in [0.2, 0.25) is 11.6 Å². The first-order chi connectivity index (χ1) is 12.3. The molecule has 2 aromatic carbocycles. The fraction of sp³-hybridized carbons (Fsp3) is 0.111. The molecule has 5 nitrogen and oxygen atoms in total. The lowest BCUT2D eigenvalue weighted by atomic mass is 9.92. The van der Waals surface area contributed by atoms with Gasteiger partial charge >= 0.3 is 0 Å². The number of rotatable bonds is 3. The van der Waals surface area contributed by atoms with Gasteiger partial charge in [0.05, 0.1) is 25.2 Å². The van der Waals surface area contributed by atoms with Crippen LogP contribution >= 0.6 is 34.8 Å². The van der Waals surface area contributed by atoms with Crippen LogP contribution < -0.4 is 9.47 Å². The Kier molecular flexibility index (Phi) is 4.88. The Morgan fingerprint density at radius 1 is 0.808 bits per heavy atom. The van der Waals surface area contributed by atoms with Gasteiger partial charge in [0.15, 0.2) is 0 Å². The third kappa shape index (κ3) is 2.63. The highest BCUT2D eigenvalue weighted by atomic mass is 35.5. The summed E-state index contributed by atoms with van der Waals surface area (Å²) in [6.45, 7) is 0. The number of hydrogen-bond donors (Lipinski definition) is 1. The van der Waals surface area contributed by atoms with E-state index >= 15 is 0 Å². The van der Waals surface area contributed by atoms with Gasteiger partial charge in [-0.25, -0.2) is 0 Å². The molecule has 0 bridgehead atoms. The van der Waals surface area contributed by atoms with Gasteiger partial charge in [-0.1, -0.05) is 34.8 Å². The minimum absolute atomic E-state index is 0.0368. The van der Waals surface area contributed by atoms with Crippen LogP contribution in [-0.2, 0) is 9.59 Å². The lowest BCUT2D eigenvalue weighted by molar-refractivity contribution is -0.114. The van der Waals surface area contributed by atoms with Gasteiger partial charge in [-0.2, -0.15) is 0 Å². The van der Waals surface area contributed by atoms with Crippen LogP contribution in [-0.4, -0.2) is 30.9 Å². The molecule has 1 aliphatic rings. The molecule has 0 aromatic heterocycles. The smallest absolute Gasteiger partial charge is 0.218 e. The number of halogens is 3. The van der Waals surface area contributed by atoms with Crippen molar-refractivity contribution in [3.05, 3.63) is 44.9 Å². The van der Waals surface area contributed by atoms with Crippen LogP contribution in [0.2, 0.25) is 0 Å². The van der Waals surface area contributed by atoms with E-state index in [0.717, 1.165) is 0 Å². The van der Waals surface area contributed by atoms with Gasteiger partial charge in [0.25, 0.3) is 0 Å². The number of carbonyl (C=O) groups is 2. The molecular formula is C18H11Cl3O5. The van der Waals surface area contributed by atoms with Gasteiger partial charge < -0.3 is 14.6 Å². The maximum absolute atomic E-state index is 12.5. The van der Waals surface area contributed by atoms with Gasteiger partial charge in [-0.15, -0.1) is 0 Å². The van der Waals surface area contributed by atoms with Crippen molar-refractivity contribution in [2.45, 2.75) is 0 Å². The van der Waals surface area contributed by atoms with Gasteiger partial charge in [-0.3, -0.25) is 9.59 Å². The van der Waals surface area contributed by atoms with E-state index in [-0.39, 0.29) is 16.9 Å². The molecule has 1 N–H and O–H groups in total. The predicted molar refractivity (Wildman–Crippen MR) is 100 cm³/mol.